The Morgan fingerprint density at radius 1 is 0.640 bits per heavy atom. The van der Waals surface area contributed by atoms with Gasteiger partial charge in [-0.05, 0) is 51.4 Å². The molecule has 0 amide bonds. The van der Waals surface area contributed by atoms with Crippen LogP contribution in [0, 0.1) is 0 Å². The fraction of sp³-hybridized carbons (Fsp3) is 0.800. The number of halogens is 2. The third kappa shape index (κ3) is 17.5. The molecule has 0 aromatic carbocycles. The molecule has 0 N–H and O–H groups in total. The molecule has 0 aliphatic rings. The highest BCUT2D eigenvalue weighted by Gasteiger charge is 2.14. The van der Waals surface area contributed by atoms with Crippen LogP contribution in [0.1, 0.15) is 64.2 Å². The second-order valence-corrected chi connectivity index (χ2v) is 7.52. The van der Waals surface area contributed by atoms with Gasteiger partial charge < -0.3 is 14.2 Å². The van der Waals surface area contributed by atoms with Gasteiger partial charge in [0.05, 0.1) is 0 Å². The Morgan fingerprint density at radius 3 is 1.40 bits per heavy atom. The standard InChI is InChI=1S/C20H36Br2O3/c1-23-19(15-11-7-3-5-9-13-17-21)25-20(24-2)16-12-8-4-6-10-14-18-22/h3-4,7-8,19-20H,5-6,9-18H2,1-2H3. The van der Waals surface area contributed by atoms with Crippen molar-refractivity contribution in [2.45, 2.75) is 76.8 Å². The van der Waals surface area contributed by atoms with Crippen molar-refractivity contribution in [1.29, 1.82) is 0 Å². The predicted molar refractivity (Wildman–Crippen MR) is 115 cm³/mol. The average molecular weight is 484 g/mol. The third-order valence-electron chi connectivity index (χ3n) is 3.81. The van der Waals surface area contributed by atoms with E-state index in [1.165, 1.54) is 25.7 Å². The van der Waals surface area contributed by atoms with Crippen molar-refractivity contribution >= 4 is 31.9 Å². The van der Waals surface area contributed by atoms with E-state index in [1.807, 2.05) is 0 Å². The lowest BCUT2D eigenvalue weighted by Gasteiger charge is -2.22. The molecule has 0 heterocycles. The van der Waals surface area contributed by atoms with Gasteiger partial charge in [0.25, 0.3) is 0 Å². The van der Waals surface area contributed by atoms with E-state index in [4.69, 9.17) is 14.2 Å². The first-order valence-electron chi connectivity index (χ1n) is 9.41. The first-order valence-corrected chi connectivity index (χ1v) is 11.7. The number of alkyl halides is 2. The minimum Gasteiger partial charge on any atom is -0.356 e. The monoisotopic (exact) mass is 482 g/mol. The van der Waals surface area contributed by atoms with Gasteiger partial charge in [-0.2, -0.15) is 0 Å². The van der Waals surface area contributed by atoms with Crippen LogP contribution in [-0.4, -0.2) is 37.5 Å². The number of ether oxygens (including phenoxy) is 3. The highest BCUT2D eigenvalue weighted by Crippen LogP contribution is 2.13. The Kier molecular flexibility index (Phi) is 20.9. The van der Waals surface area contributed by atoms with E-state index in [-0.39, 0.29) is 12.6 Å². The Morgan fingerprint density at radius 2 is 1.04 bits per heavy atom. The van der Waals surface area contributed by atoms with Gasteiger partial charge in [0, 0.05) is 37.7 Å². The van der Waals surface area contributed by atoms with Crippen LogP contribution >= 0.6 is 31.9 Å². The number of rotatable bonds is 18. The number of allylic oxidation sites excluding steroid dienone is 4. The quantitative estimate of drug-likeness (QED) is 0.0933. The van der Waals surface area contributed by atoms with E-state index in [1.54, 1.807) is 14.2 Å². The van der Waals surface area contributed by atoms with Crippen molar-refractivity contribution in [3.05, 3.63) is 24.3 Å². The summed E-state index contributed by atoms with van der Waals surface area (Å²) >= 11 is 6.90. The summed E-state index contributed by atoms with van der Waals surface area (Å²) in [5, 5.41) is 2.18. The molecule has 0 rings (SSSR count). The van der Waals surface area contributed by atoms with Gasteiger partial charge in [-0.15, -0.1) is 0 Å². The van der Waals surface area contributed by atoms with E-state index < -0.39 is 0 Å². The lowest BCUT2D eigenvalue weighted by Crippen LogP contribution is -2.25. The van der Waals surface area contributed by atoms with Gasteiger partial charge in [0.15, 0.2) is 12.6 Å². The molecule has 0 saturated heterocycles. The molecule has 0 saturated carbocycles. The van der Waals surface area contributed by atoms with Crippen LogP contribution in [0.25, 0.3) is 0 Å². The van der Waals surface area contributed by atoms with Crippen LogP contribution in [0.5, 0.6) is 0 Å². The third-order valence-corrected chi connectivity index (χ3v) is 4.93. The van der Waals surface area contributed by atoms with E-state index in [0.29, 0.717) is 0 Å². The highest BCUT2D eigenvalue weighted by molar-refractivity contribution is 9.09. The molecule has 2 unspecified atom stereocenters. The zero-order chi connectivity index (χ0) is 18.6. The van der Waals surface area contributed by atoms with Gasteiger partial charge >= 0.3 is 0 Å². The van der Waals surface area contributed by atoms with E-state index >= 15 is 0 Å². The van der Waals surface area contributed by atoms with Crippen LogP contribution in [0.4, 0.5) is 0 Å². The molecule has 0 aromatic heterocycles. The Balaban J connectivity index is 3.87. The van der Waals surface area contributed by atoms with Gasteiger partial charge in [0.2, 0.25) is 0 Å². The second-order valence-electron chi connectivity index (χ2n) is 5.93. The maximum atomic E-state index is 5.91. The number of unbranched alkanes of at least 4 members (excludes halogenated alkanes) is 4. The van der Waals surface area contributed by atoms with Gasteiger partial charge in [-0.25, -0.2) is 0 Å². The maximum Gasteiger partial charge on any atom is 0.160 e. The van der Waals surface area contributed by atoms with Crippen molar-refractivity contribution in [2.24, 2.45) is 0 Å². The van der Waals surface area contributed by atoms with Crippen molar-refractivity contribution in [1.82, 2.24) is 0 Å². The molecule has 25 heavy (non-hydrogen) atoms. The minimum atomic E-state index is -0.208. The largest absolute Gasteiger partial charge is 0.356 e. The normalized spacial score (nSPS) is 14.6. The molecule has 0 spiro atoms. The maximum absolute atomic E-state index is 5.91. The lowest BCUT2D eigenvalue weighted by molar-refractivity contribution is -0.232. The first-order chi connectivity index (χ1) is 12.3. The lowest BCUT2D eigenvalue weighted by atomic mass is 10.2. The van der Waals surface area contributed by atoms with Gasteiger partial charge in [-0.1, -0.05) is 56.2 Å². The van der Waals surface area contributed by atoms with E-state index in [0.717, 1.165) is 49.2 Å². The smallest absolute Gasteiger partial charge is 0.160 e. The molecular weight excluding hydrogens is 448 g/mol. The first kappa shape index (κ1) is 25.3. The summed E-state index contributed by atoms with van der Waals surface area (Å²) in [7, 11) is 3.39. The van der Waals surface area contributed by atoms with Crippen molar-refractivity contribution in [2.75, 3.05) is 24.9 Å². The Bertz CT molecular complexity index is 292. The van der Waals surface area contributed by atoms with Crippen LogP contribution in [-0.2, 0) is 14.2 Å². The van der Waals surface area contributed by atoms with Gasteiger partial charge in [-0.3, -0.25) is 0 Å². The van der Waals surface area contributed by atoms with Crippen LogP contribution in [0.2, 0.25) is 0 Å². The van der Waals surface area contributed by atoms with Gasteiger partial charge in [0.1, 0.15) is 0 Å². The number of hydrogen-bond acceptors (Lipinski definition) is 3. The summed E-state index contributed by atoms with van der Waals surface area (Å²) < 4.78 is 16.8. The average Bonchev–Trinajstić information content (AvgIpc) is 2.64. The van der Waals surface area contributed by atoms with Crippen molar-refractivity contribution < 1.29 is 14.2 Å². The summed E-state index contributed by atoms with van der Waals surface area (Å²) in [5.74, 6) is 0. The molecule has 148 valence electrons. The summed E-state index contributed by atoms with van der Waals surface area (Å²) in [4.78, 5) is 0. The summed E-state index contributed by atoms with van der Waals surface area (Å²) in [6.07, 6.45) is 19.4. The molecular formula is C20H36Br2O3. The Hall–Kier alpha value is 0.320. The fourth-order valence-electron chi connectivity index (χ4n) is 2.30. The van der Waals surface area contributed by atoms with Crippen molar-refractivity contribution in [3.63, 3.8) is 0 Å². The van der Waals surface area contributed by atoms with Crippen LogP contribution in [0.3, 0.4) is 0 Å². The molecule has 0 aromatic rings. The van der Waals surface area contributed by atoms with Crippen molar-refractivity contribution in [3.8, 4) is 0 Å². The molecule has 3 nitrogen and oxygen atoms in total. The highest BCUT2D eigenvalue weighted by atomic mass is 79.9. The number of methoxy groups -OCH3 is 2. The molecule has 0 radical (unpaired) electrons. The second kappa shape index (κ2) is 20.6. The molecule has 5 heteroatoms. The summed E-state index contributed by atoms with van der Waals surface area (Å²) in [6.45, 7) is 0. The topological polar surface area (TPSA) is 27.7 Å². The molecule has 0 aliphatic carbocycles. The molecule has 0 fully saturated rings. The van der Waals surface area contributed by atoms with E-state index in [9.17, 15) is 0 Å². The number of hydrogen-bond donors (Lipinski definition) is 0. The SMILES string of the molecule is COC(CCC=CCCCCBr)OC(CCC=CCCCCBr)OC. The zero-order valence-corrected chi connectivity index (χ0v) is 19.1. The predicted octanol–water partition coefficient (Wildman–Crippen LogP) is 6.75. The minimum absolute atomic E-state index is 0.208. The van der Waals surface area contributed by atoms with Crippen LogP contribution < -0.4 is 0 Å². The molecule has 2 atom stereocenters. The molecule has 0 aliphatic heterocycles. The summed E-state index contributed by atoms with van der Waals surface area (Å²) in [5.41, 5.74) is 0. The van der Waals surface area contributed by atoms with Crippen LogP contribution in [0.15, 0.2) is 24.3 Å². The fourth-order valence-corrected chi connectivity index (χ4v) is 3.09. The molecule has 0 bridgehead atoms. The zero-order valence-electron chi connectivity index (χ0n) is 15.9. The van der Waals surface area contributed by atoms with E-state index in [2.05, 4.69) is 56.2 Å². The summed E-state index contributed by atoms with van der Waals surface area (Å²) in [6, 6.07) is 0. The Labute approximate surface area is 171 Å².